The SMILES string of the molecule is CCNc1ncnc(-n2ccnc2CC)c1CC. The van der Waals surface area contributed by atoms with E-state index in [-0.39, 0.29) is 0 Å². The summed E-state index contributed by atoms with van der Waals surface area (Å²) in [5.41, 5.74) is 1.13. The number of nitrogens with zero attached hydrogens (tertiary/aromatic N) is 4. The van der Waals surface area contributed by atoms with Crippen molar-refractivity contribution in [1.82, 2.24) is 19.5 Å². The van der Waals surface area contributed by atoms with Gasteiger partial charge in [0.2, 0.25) is 0 Å². The third-order valence-corrected chi connectivity index (χ3v) is 2.88. The van der Waals surface area contributed by atoms with Crippen molar-refractivity contribution < 1.29 is 0 Å². The van der Waals surface area contributed by atoms with Crippen molar-refractivity contribution >= 4 is 5.82 Å². The van der Waals surface area contributed by atoms with Crippen molar-refractivity contribution in [2.45, 2.75) is 33.6 Å². The number of imidazole rings is 1. The number of nitrogens with one attached hydrogen (secondary N) is 1. The van der Waals surface area contributed by atoms with Crippen LogP contribution >= 0.6 is 0 Å². The third kappa shape index (κ3) is 2.20. The van der Waals surface area contributed by atoms with Gasteiger partial charge in [0.25, 0.3) is 0 Å². The molecule has 0 aromatic carbocycles. The van der Waals surface area contributed by atoms with Crippen LogP contribution in [0.25, 0.3) is 5.82 Å². The molecule has 2 heterocycles. The number of aromatic nitrogens is 4. The topological polar surface area (TPSA) is 55.6 Å². The van der Waals surface area contributed by atoms with E-state index in [1.165, 1.54) is 0 Å². The molecule has 0 saturated carbocycles. The molecule has 2 rings (SSSR count). The van der Waals surface area contributed by atoms with Crippen molar-refractivity contribution in [3.8, 4) is 5.82 Å². The molecule has 0 amide bonds. The Morgan fingerprint density at radius 2 is 1.94 bits per heavy atom. The smallest absolute Gasteiger partial charge is 0.146 e. The van der Waals surface area contributed by atoms with Crippen LogP contribution < -0.4 is 5.32 Å². The van der Waals surface area contributed by atoms with Gasteiger partial charge in [-0.05, 0) is 13.3 Å². The van der Waals surface area contributed by atoms with Gasteiger partial charge >= 0.3 is 0 Å². The summed E-state index contributed by atoms with van der Waals surface area (Å²) in [5.74, 6) is 2.87. The molecule has 0 spiro atoms. The molecule has 2 aromatic rings. The average molecular weight is 245 g/mol. The highest BCUT2D eigenvalue weighted by Crippen LogP contribution is 2.20. The van der Waals surface area contributed by atoms with Crippen molar-refractivity contribution in [1.29, 1.82) is 0 Å². The summed E-state index contributed by atoms with van der Waals surface area (Å²) < 4.78 is 2.04. The minimum atomic E-state index is 0.855. The van der Waals surface area contributed by atoms with Gasteiger partial charge in [0, 0.05) is 30.9 Å². The molecule has 18 heavy (non-hydrogen) atoms. The first-order valence-corrected chi connectivity index (χ1v) is 6.42. The summed E-state index contributed by atoms with van der Waals surface area (Å²) in [4.78, 5) is 13.1. The molecule has 0 aliphatic rings. The summed E-state index contributed by atoms with van der Waals surface area (Å²) in [6.45, 7) is 7.13. The molecule has 0 radical (unpaired) electrons. The van der Waals surface area contributed by atoms with E-state index in [1.54, 1.807) is 6.33 Å². The van der Waals surface area contributed by atoms with E-state index in [4.69, 9.17) is 0 Å². The normalized spacial score (nSPS) is 10.6. The average Bonchev–Trinajstić information content (AvgIpc) is 2.87. The Kier molecular flexibility index (Phi) is 3.92. The lowest BCUT2D eigenvalue weighted by molar-refractivity contribution is 0.842. The van der Waals surface area contributed by atoms with Crippen LogP contribution in [-0.2, 0) is 12.8 Å². The second-order valence-corrected chi connectivity index (χ2v) is 3.98. The van der Waals surface area contributed by atoms with Gasteiger partial charge in [0.15, 0.2) is 0 Å². The molecule has 0 bridgehead atoms. The Balaban J connectivity index is 2.53. The van der Waals surface area contributed by atoms with Crippen LogP contribution in [0.15, 0.2) is 18.7 Å². The van der Waals surface area contributed by atoms with Crippen molar-refractivity contribution in [3.63, 3.8) is 0 Å². The Morgan fingerprint density at radius 3 is 2.61 bits per heavy atom. The van der Waals surface area contributed by atoms with Crippen molar-refractivity contribution in [2.75, 3.05) is 11.9 Å². The molecule has 0 aliphatic heterocycles. The van der Waals surface area contributed by atoms with Crippen LogP contribution in [0.1, 0.15) is 32.2 Å². The minimum Gasteiger partial charge on any atom is -0.370 e. The van der Waals surface area contributed by atoms with Gasteiger partial charge < -0.3 is 5.32 Å². The number of rotatable bonds is 5. The number of hydrogen-bond donors (Lipinski definition) is 1. The van der Waals surface area contributed by atoms with Crippen LogP contribution in [0.4, 0.5) is 5.82 Å². The predicted molar refractivity (Wildman–Crippen MR) is 72.1 cm³/mol. The second-order valence-electron chi connectivity index (χ2n) is 3.98. The van der Waals surface area contributed by atoms with Crippen LogP contribution in [0.3, 0.4) is 0 Å². The van der Waals surface area contributed by atoms with Crippen LogP contribution in [0.5, 0.6) is 0 Å². The summed E-state index contributed by atoms with van der Waals surface area (Å²) in [6.07, 6.45) is 7.14. The van der Waals surface area contributed by atoms with Crippen LogP contribution in [0.2, 0.25) is 0 Å². The maximum Gasteiger partial charge on any atom is 0.146 e. The van der Waals surface area contributed by atoms with Gasteiger partial charge in [0.1, 0.15) is 23.8 Å². The Labute approximate surface area is 107 Å². The van der Waals surface area contributed by atoms with Gasteiger partial charge in [-0.2, -0.15) is 0 Å². The molecule has 0 aliphatic carbocycles. The first-order chi connectivity index (χ1) is 8.81. The zero-order valence-electron chi connectivity index (χ0n) is 11.1. The Bertz CT molecular complexity index is 518. The molecule has 5 nitrogen and oxygen atoms in total. The quantitative estimate of drug-likeness (QED) is 0.877. The van der Waals surface area contributed by atoms with E-state index >= 15 is 0 Å². The Morgan fingerprint density at radius 1 is 1.11 bits per heavy atom. The van der Waals surface area contributed by atoms with E-state index in [9.17, 15) is 0 Å². The van der Waals surface area contributed by atoms with Crippen LogP contribution in [-0.4, -0.2) is 26.1 Å². The van der Waals surface area contributed by atoms with E-state index < -0.39 is 0 Å². The van der Waals surface area contributed by atoms with Crippen LogP contribution in [0, 0.1) is 0 Å². The molecule has 0 unspecified atom stereocenters. The molecule has 96 valence electrons. The highest BCUT2D eigenvalue weighted by atomic mass is 15.1. The fourth-order valence-electron chi connectivity index (χ4n) is 2.04. The van der Waals surface area contributed by atoms with E-state index in [2.05, 4.69) is 41.0 Å². The zero-order chi connectivity index (χ0) is 13.0. The summed E-state index contributed by atoms with van der Waals surface area (Å²) >= 11 is 0. The predicted octanol–water partition coefficient (Wildman–Crippen LogP) is 2.22. The van der Waals surface area contributed by atoms with Gasteiger partial charge in [-0.3, -0.25) is 4.57 Å². The first-order valence-electron chi connectivity index (χ1n) is 6.42. The van der Waals surface area contributed by atoms with Gasteiger partial charge in [0.05, 0.1) is 0 Å². The number of aryl methyl sites for hydroxylation is 1. The summed E-state index contributed by atoms with van der Waals surface area (Å²) in [5, 5.41) is 3.28. The second kappa shape index (κ2) is 5.62. The van der Waals surface area contributed by atoms with E-state index in [0.717, 1.165) is 42.4 Å². The number of hydrogen-bond acceptors (Lipinski definition) is 4. The molecular weight excluding hydrogens is 226 g/mol. The fraction of sp³-hybridized carbons (Fsp3) is 0.462. The third-order valence-electron chi connectivity index (χ3n) is 2.88. The fourth-order valence-corrected chi connectivity index (χ4v) is 2.04. The molecule has 2 aromatic heterocycles. The molecule has 0 saturated heterocycles. The summed E-state index contributed by atoms with van der Waals surface area (Å²) in [7, 11) is 0. The minimum absolute atomic E-state index is 0.855. The molecular formula is C13H19N5. The maximum absolute atomic E-state index is 4.42. The highest BCUT2D eigenvalue weighted by molar-refractivity contribution is 5.52. The lowest BCUT2D eigenvalue weighted by Gasteiger charge is -2.14. The monoisotopic (exact) mass is 245 g/mol. The van der Waals surface area contributed by atoms with Crippen molar-refractivity contribution in [2.24, 2.45) is 0 Å². The molecule has 0 atom stereocenters. The van der Waals surface area contributed by atoms with Crippen molar-refractivity contribution in [3.05, 3.63) is 30.1 Å². The standard InChI is InChI=1S/C13H19N5/c1-4-10-12(14-6-3)16-9-17-13(10)18-8-7-15-11(18)5-2/h7-9H,4-6H2,1-3H3,(H,14,16,17). The number of anilines is 1. The first kappa shape index (κ1) is 12.5. The van der Waals surface area contributed by atoms with E-state index in [0.29, 0.717) is 0 Å². The lowest BCUT2D eigenvalue weighted by Crippen LogP contribution is -2.10. The molecule has 1 N–H and O–H groups in total. The summed E-state index contributed by atoms with van der Waals surface area (Å²) in [6, 6.07) is 0. The van der Waals surface area contributed by atoms with Gasteiger partial charge in [-0.25, -0.2) is 15.0 Å². The maximum atomic E-state index is 4.42. The molecule has 0 fully saturated rings. The molecule has 5 heteroatoms. The highest BCUT2D eigenvalue weighted by Gasteiger charge is 2.12. The lowest BCUT2D eigenvalue weighted by atomic mass is 10.2. The largest absolute Gasteiger partial charge is 0.370 e. The Hall–Kier alpha value is -1.91. The van der Waals surface area contributed by atoms with Gasteiger partial charge in [-0.1, -0.05) is 13.8 Å². The zero-order valence-corrected chi connectivity index (χ0v) is 11.1. The van der Waals surface area contributed by atoms with E-state index in [1.807, 2.05) is 17.0 Å². The van der Waals surface area contributed by atoms with Gasteiger partial charge in [-0.15, -0.1) is 0 Å².